The van der Waals surface area contributed by atoms with Crippen molar-refractivity contribution in [3.05, 3.63) is 11.1 Å². The van der Waals surface area contributed by atoms with Crippen LogP contribution in [0.5, 0.6) is 0 Å². The number of aromatic nitrogens is 1. The van der Waals surface area contributed by atoms with E-state index in [0.29, 0.717) is 5.92 Å². The number of nitrogens with one attached hydrogen (secondary N) is 1. The van der Waals surface area contributed by atoms with Crippen LogP contribution in [0.2, 0.25) is 0 Å². The molecule has 0 saturated carbocycles. The molecule has 3 nitrogen and oxygen atoms in total. The van der Waals surface area contributed by atoms with Crippen molar-refractivity contribution in [2.75, 3.05) is 24.5 Å². The largest absolute Gasteiger partial charge is 0.348 e. The zero-order valence-electron chi connectivity index (χ0n) is 13.4. The minimum atomic E-state index is 0.706. The fraction of sp³-hybridized carbons (Fsp3) is 0.812. The second-order valence-electron chi connectivity index (χ2n) is 6.70. The normalized spacial score (nSPS) is 17.4. The first kappa shape index (κ1) is 15.8. The number of thiazole rings is 1. The maximum atomic E-state index is 4.61. The zero-order chi connectivity index (χ0) is 14.5. The van der Waals surface area contributed by atoms with Crippen LogP contribution in [-0.2, 0) is 6.54 Å². The van der Waals surface area contributed by atoms with E-state index in [9.17, 15) is 0 Å². The Hall–Kier alpha value is -0.610. The lowest BCUT2D eigenvalue weighted by Crippen LogP contribution is -2.35. The van der Waals surface area contributed by atoms with Gasteiger partial charge in [-0.05, 0) is 37.1 Å². The molecule has 0 atom stereocenters. The van der Waals surface area contributed by atoms with Gasteiger partial charge in [0.15, 0.2) is 5.13 Å². The van der Waals surface area contributed by atoms with E-state index >= 15 is 0 Å². The van der Waals surface area contributed by atoms with E-state index in [0.717, 1.165) is 24.9 Å². The first-order valence-electron chi connectivity index (χ1n) is 7.96. The molecule has 1 aliphatic heterocycles. The minimum absolute atomic E-state index is 0.706. The van der Waals surface area contributed by atoms with Gasteiger partial charge in [-0.2, -0.15) is 0 Å². The van der Waals surface area contributed by atoms with Gasteiger partial charge in [-0.1, -0.05) is 27.7 Å². The molecule has 1 aliphatic rings. The third kappa shape index (κ3) is 4.45. The Balaban J connectivity index is 1.81. The molecular weight excluding hydrogens is 266 g/mol. The van der Waals surface area contributed by atoms with Crippen LogP contribution in [0.25, 0.3) is 0 Å². The van der Waals surface area contributed by atoms with Gasteiger partial charge < -0.3 is 10.2 Å². The van der Waals surface area contributed by atoms with Crippen molar-refractivity contribution >= 4 is 16.5 Å². The molecule has 1 aromatic rings. The molecule has 0 aromatic carbocycles. The summed E-state index contributed by atoms with van der Waals surface area (Å²) in [6.07, 6.45) is 4.68. The Kier molecular flexibility index (Phi) is 5.85. The van der Waals surface area contributed by atoms with Gasteiger partial charge in [-0.15, -0.1) is 11.3 Å². The van der Waals surface area contributed by atoms with Crippen LogP contribution in [0.3, 0.4) is 0 Å². The third-order valence-corrected chi connectivity index (χ3v) is 5.20. The zero-order valence-corrected chi connectivity index (χ0v) is 14.2. The molecule has 1 N–H and O–H groups in total. The molecule has 0 spiro atoms. The molecule has 2 rings (SSSR count). The van der Waals surface area contributed by atoms with Crippen molar-refractivity contribution in [1.29, 1.82) is 0 Å². The fourth-order valence-corrected chi connectivity index (χ4v) is 3.70. The number of rotatable bonds is 6. The summed E-state index contributed by atoms with van der Waals surface area (Å²) in [5.74, 6) is 2.43. The van der Waals surface area contributed by atoms with Crippen molar-refractivity contribution in [3.8, 4) is 0 Å². The highest BCUT2D eigenvalue weighted by atomic mass is 32.1. The van der Waals surface area contributed by atoms with Crippen LogP contribution in [0, 0.1) is 17.8 Å². The Bertz CT molecular complexity index is 392. The minimum Gasteiger partial charge on any atom is -0.348 e. The lowest BCUT2D eigenvalue weighted by atomic mass is 9.87. The van der Waals surface area contributed by atoms with Gasteiger partial charge in [0, 0.05) is 30.7 Å². The quantitative estimate of drug-likeness (QED) is 0.866. The molecule has 0 radical (unpaired) electrons. The maximum absolute atomic E-state index is 4.61. The second kappa shape index (κ2) is 7.41. The first-order valence-corrected chi connectivity index (χ1v) is 8.78. The summed E-state index contributed by atoms with van der Waals surface area (Å²) >= 11 is 1.85. The second-order valence-corrected chi connectivity index (χ2v) is 7.80. The summed E-state index contributed by atoms with van der Waals surface area (Å²) in [6.45, 7) is 13.6. The highest BCUT2D eigenvalue weighted by Crippen LogP contribution is 2.30. The van der Waals surface area contributed by atoms with E-state index in [4.69, 9.17) is 0 Å². The van der Waals surface area contributed by atoms with Crippen LogP contribution in [0.15, 0.2) is 6.20 Å². The molecule has 1 saturated heterocycles. The summed E-state index contributed by atoms with van der Waals surface area (Å²) in [7, 11) is 0. The monoisotopic (exact) mass is 295 g/mol. The Labute approximate surface area is 127 Å². The maximum Gasteiger partial charge on any atom is 0.185 e. The van der Waals surface area contributed by atoms with Crippen LogP contribution in [0.4, 0.5) is 5.13 Å². The topological polar surface area (TPSA) is 28.2 Å². The van der Waals surface area contributed by atoms with Gasteiger partial charge in [0.25, 0.3) is 0 Å². The molecule has 0 unspecified atom stereocenters. The molecule has 1 aromatic heterocycles. The van der Waals surface area contributed by atoms with E-state index in [1.165, 1.54) is 35.9 Å². The van der Waals surface area contributed by atoms with Crippen molar-refractivity contribution in [3.63, 3.8) is 0 Å². The van der Waals surface area contributed by atoms with E-state index in [-0.39, 0.29) is 0 Å². The van der Waals surface area contributed by atoms with Crippen molar-refractivity contribution < 1.29 is 0 Å². The summed E-state index contributed by atoms with van der Waals surface area (Å²) in [5.41, 5.74) is 0. The highest BCUT2D eigenvalue weighted by Gasteiger charge is 2.23. The number of hydrogen-bond acceptors (Lipinski definition) is 4. The van der Waals surface area contributed by atoms with Crippen molar-refractivity contribution in [2.24, 2.45) is 17.8 Å². The molecule has 0 amide bonds. The molecule has 2 heterocycles. The van der Waals surface area contributed by atoms with Gasteiger partial charge in [0.05, 0.1) is 0 Å². The summed E-state index contributed by atoms with van der Waals surface area (Å²) in [5, 5.41) is 4.71. The third-order valence-electron chi connectivity index (χ3n) is 4.15. The highest BCUT2D eigenvalue weighted by molar-refractivity contribution is 7.15. The lowest BCUT2D eigenvalue weighted by Gasteiger charge is -2.33. The smallest absolute Gasteiger partial charge is 0.185 e. The van der Waals surface area contributed by atoms with Crippen LogP contribution >= 0.6 is 11.3 Å². The van der Waals surface area contributed by atoms with Crippen molar-refractivity contribution in [2.45, 2.75) is 47.1 Å². The molecule has 0 bridgehead atoms. The predicted octanol–water partition coefficient (Wildman–Crippen LogP) is 3.76. The molecular formula is C16H29N3S. The van der Waals surface area contributed by atoms with Gasteiger partial charge in [0.1, 0.15) is 0 Å². The number of piperidine rings is 1. The Morgan fingerprint density at radius 2 is 2.00 bits per heavy atom. The number of hydrogen-bond donors (Lipinski definition) is 1. The first-order chi connectivity index (χ1) is 9.56. The molecule has 4 heteroatoms. The number of nitrogens with zero attached hydrogens (tertiary/aromatic N) is 2. The van der Waals surface area contributed by atoms with Gasteiger partial charge >= 0.3 is 0 Å². The van der Waals surface area contributed by atoms with E-state index in [2.05, 4.69) is 42.9 Å². The van der Waals surface area contributed by atoms with E-state index in [1.54, 1.807) is 0 Å². The van der Waals surface area contributed by atoms with E-state index < -0.39 is 0 Å². The van der Waals surface area contributed by atoms with Gasteiger partial charge in [-0.3, -0.25) is 0 Å². The molecule has 114 valence electrons. The van der Waals surface area contributed by atoms with Crippen LogP contribution in [-0.4, -0.2) is 24.6 Å². The standard InChI is InChI=1S/C16H29N3S/c1-12(2)9-17-10-15-11-18-16(20-15)19-7-5-14(6-8-19)13(3)4/h11-14,17H,5-10H2,1-4H3. The van der Waals surface area contributed by atoms with E-state index in [1.807, 2.05) is 17.5 Å². The predicted molar refractivity (Wildman–Crippen MR) is 88.4 cm³/mol. The lowest BCUT2D eigenvalue weighted by molar-refractivity contribution is 0.311. The Morgan fingerprint density at radius 1 is 1.30 bits per heavy atom. The molecule has 0 aliphatic carbocycles. The average molecular weight is 295 g/mol. The average Bonchev–Trinajstić information content (AvgIpc) is 2.87. The van der Waals surface area contributed by atoms with Gasteiger partial charge in [-0.25, -0.2) is 4.98 Å². The summed E-state index contributed by atoms with van der Waals surface area (Å²) in [6, 6.07) is 0. The van der Waals surface area contributed by atoms with Crippen molar-refractivity contribution in [1.82, 2.24) is 10.3 Å². The fourth-order valence-electron chi connectivity index (χ4n) is 2.77. The van der Waals surface area contributed by atoms with Gasteiger partial charge in [0.2, 0.25) is 0 Å². The Morgan fingerprint density at radius 3 is 2.60 bits per heavy atom. The molecule has 20 heavy (non-hydrogen) atoms. The number of anilines is 1. The van der Waals surface area contributed by atoms with Crippen LogP contribution in [0.1, 0.15) is 45.4 Å². The SMILES string of the molecule is CC(C)CNCc1cnc(N2CCC(C(C)C)CC2)s1. The summed E-state index contributed by atoms with van der Waals surface area (Å²) < 4.78 is 0. The summed E-state index contributed by atoms with van der Waals surface area (Å²) in [4.78, 5) is 8.43. The van der Waals surface area contributed by atoms with Crippen LogP contribution < -0.4 is 10.2 Å². The molecule has 1 fully saturated rings.